The summed E-state index contributed by atoms with van der Waals surface area (Å²) in [6, 6.07) is 21.3. The van der Waals surface area contributed by atoms with E-state index in [0.717, 1.165) is 35.3 Å². The van der Waals surface area contributed by atoms with Gasteiger partial charge in [-0.2, -0.15) is 0 Å². The molecule has 0 unspecified atom stereocenters. The number of amides is 1. The molecule has 7 heteroatoms. The van der Waals surface area contributed by atoms with E-state index in [0.29, 0.717) is 34.5 Å². The van der Waals surface area contributed by atoms with Crippen LogP contribution < -0.4 is 15.6 Å². The number of hydrogen-bond donors (Lipinski definition) is 1. The number of aromatic nitrogens is 1. The number of pyridine rings is 2. The number of hydrogen-bond acceptors (Lipinski definition) is 5. The number of nitrogens with one attached hydrogen (secondary N) is 1. The Labute approximate surface area is 226 Å². The van der Waals surface area contributed by atoms with E-state index in [-0.39, 0.29) is 11.5 Å². The molecule has 1 amide bonds. The molecule has 1 N–H and O–H groups in total. The second-order valence-corrected chi connectivity index (χ2v) is 10.1. The average Bonchev–Trinajstić information content (AvgIpc) is 3.45. The van der Waals surface area contributed by atoms with Crippen molar-refractivity contribution >= 4 is 32.8 Å². The molecule has 194 valence electrons. The summed E-state index contributed by atoms with van der Waals surface area (Å²) in [5.74, 6) is 0.352. The Balaban J connectivity index is 1.52. The highest BCUT2D eigenvalue weighted by Crippen LogP contribution is 2.32. The summed E-state index contributed by atoms with van der Waals surface area (Å²) in [4.78, 5) is 29.7. The Hall–Kier alpha value is -3.94. The molecule has 0 spiro atoms. The van der Waals surface area contributed by atoms with E-state index in [1.165, 1.54) is 16.9 Å². The van der Waals surface area contributed by atoms with Gasteiger partial charge in [0.15, 0.2) is 0 Å². The Morgan fingerprint density at radius 3 is 2.45 bits per heavy atom. The van der Waals surface area contributed by atoms with Crippen molar-refractivity contribution in [2.45, 2.75) is 26.9 Å². The summed E-state index contributed by atoms with van der Waals surface area (Å²) in [6.07, 6.45) is 1.75. The van der Waals surface area contributed by atoms with Gasteiger partial charge in [0, 0.05) is 24.8 Å². The third-order valence-electron chi connectivity index (χ3n) is 6.97. The van der Waals surface area contributed by atoms with Crippen LogP contribution in [0.4, 0.5) is 0 Å². The van der Waals surface area contributed by atoms with Crippen molar-refractivity contribution in [2.75, 3.05) is 20.2 Å². The zero-order chi connectivity index (χ0) is 26.6. The summed E-state index contributed by atoms with van der Waals surface area (Å²) in [6.45, 7) is 7.65. The molecule has 0 fully saturated rings. The van der Waals surface area contributed by atoms with E-state index < -0.39 is 0 Å². The molecule has 0 bridgehead atoms. The highest BCUT2D eigenvalue weighted by atomic mass is 32.1. The summed E-state index contributed by atoms with van der Waals surface area (Å²) < 4.78 is 8.01. The molecule has 0 radical (unpaired) electrons. The zero-order valence-electron chi connectivity index (χ0n) is 21.9. The van der Waals surface area contributed by atoms with Crippen LogP contribution in [0.15, 0.2) is 83.1 Å². The van der Waals surface area contributed by atoms with Crippen molar-refractivity contribution < 1.29 is 9.53 Å². The number of carbonyl (C=O) groups excluding carboxylic acids is 1. The van der Waals surface area contributed by atoms with Gasteiger partial charge >= 0.3 is 0 Å². The number of ether oxygens (including phenoxy) is 1. The Morgan fingerprint density at radius 2 is 1.71 bits per heavy atom. The molecule has 0 aliphatic carbocycles. The topological polar surface area (TPSA) is 63.1 Å². The molecule has 6 nitrogen and oxygen atoms in total. The highest BCUT2D eigenvalue weighted by Gasteiger charge is 2.20. The molecular weight excluding hydrogens is 494 g/mol. The number of nitrogens with zero attached hydrogens (tertiary/aromatic N) is 2. The lowest BCUT2D eigenvalue weighted by Crippen LogP contribution is -2.26. The van der Waals surface area contributed by atoms with Crippen LogP contribution in [0, 0.1) is 0 Å². The predicted molar refractivity (Wildman–Crippen MR) is 155 cm³/mol. The van der Waals surface area contributed by atoms with Crippen molar-refractivity contribution in [1.82, 2.24) is 14.6 Å². The van der Waals surface area contributed by atoms with Gasteiger partial charge in [0.25, 0.3) is 11.5 Å². The molecule has 3 aromatic heterocycles. The number of thiophene rings is 1. The molecule has 0 aliphatic heterocycles. The van der Waals surface area contributed by atoms with Gasteiger partial charge in [-0.25, -0.2) is 0 Å². The maximum Gasteiger partial charge on any atom is 0.263 e. The first-order chi connectivity index (χ1) is 18.5. The summed E-state index contributed by atoms with van der Waals surface area (Å²) in [5.41, 5.74) is 4.22. The van der Waals surface area contributed by atoms with Gasteiger partial charge < -0.3 is 10.1 Å². The van der Waals surface area contributed by atoms with Crippen LogP contribution in [0.1, 0.15) is 35.3 Å². The van der Waals surface area contributed by atoms with Gasteiger partial charge in [-0.05, 0) is 59.2 Å². The maximum absolute atomic E-state index is 13.7. The fourth-order valence-electron chi connectivity index (χ4n) is 4.79. The second-order valence-electron chi connectivity index (χ2n) is 9.18. The summed E-state index contributed by atoms with van der Waals surface area (Å²) in [7, 11) is 1.58. The molecule has 0 saturated heterocycles. The fraction of sp³-hybridized carbons (Fsp3) is 0.226. The Bertz CT molecular complexity index is 1650. The lowest BCUT2D eigenvalue weighted by atomic mass is 10.0. The first-order valence-electron chi connectivity index (χ1n) is 12.8. The van der Waals surface area contributed by atoms with Crippen LogP contribution in [0.3, 0.4) is 0 Å². The number of para-hydroxylation sites is 1. The highest BCUT2D eigenvalue weighted by molar-refractivity contribution is 7.18. The van der Waals surface area contributed by atoms with Gasteiger partial charge in [0.1, 0.15) is 5.75 Å². The minimum absolute atomic E-state index is 0.194. The SMILES string of the molecule is CCN(CC)Cc1ccc(CNC(=O)c2cc(-c3ccccc3OC)c(=O)n3ccc4ccsc4c23)cc1. The Kier molecular flexibility index (Phi) is 7.58. The molecule has 38 heavy (non-hydrogen) atoms. The molecule has 0 aliphatic rings. The first kappa shape index (κ1) is 25.7. The second kappa shape index (κ2) is 11.2. The van der Waals surface area contributed by atoms with Crippen LogP contribution in [-0.2, 0) is 13.1 Å². The van der Waals surface area contributed by atoms with Crippen molar-refractivity contribution in [1.29, 1.82) is 0 Å². The quantitative estimate of drug-likeness (QED) is 0.258. The predicted octanol–water partition coefficient (Wildman–Crippen LogP) is 5.96. The van der Waals surface area contributed by atoms with Crippen LogP contribution >= 0.6 is 11.3 Å². The maximum atomic E-state index is 13.7. The molecule has 3 heterocycles. The number of benzene rings is 2. The normalized spacial score (nSPS) is 11.4. The third-order valence-corrected chi connectivity index (χ3v) is 7.90. The van der Waals surface area contributed by atoms with Crippen LogP contribution in [0.25, 0.3) is 26.7 Å². The minimum atomic E-state index is -0.230. The van der Waals surface area contributed by atoms with E-state index in [9.17, 15) is 9.59 Å². The molecular formula is C31H31N3O3S. The monoisotopic (exact) mass is 525 g/mol. The molecule has 0 saturated carbocycles. The van der Waals surface area contributed by atoms with Crippen LogP contribution in [0.5, 0.6) is 5.75 Å². The van der Waals surface area contributed by atoms with Crippen molar-refractivity contribution in [3.05, 3.63) is 105 Å². The molecule has 5 rings (SSSR count). The van der Waals surface area contributed by atoms with Crippen LogP contribution in [-0.4, -0.2) is 35.4 Å². The number of carbonyl (C=O) groups is 1. The van der Waals surface area contributed by atoms with Gasteiger partial charge in [-0.3, -0.25) is 18.9 Å². The molecule has 5 aromatic rings. The van der Waals surface area contributed by atoms with E-state index in [1.807, 2.05) is 41.8 Å². The zero-order valence-corrected chi connectivity index (χ0v) is 22.7. The number of fused-ring (bicyclic) bond motifs is 3. The lowest BCUT2D eigenvalue weighted by Gasteiger charge is -2.18. The molecule has 2 aromatic carbocycles. The van der Waals surface area contributed by atoms with Crippen molar-refractivity contribution in [2.24, 2.45) is 0 Å². The smallest absolute Gasteiger partial charge is 0.263 e. The summed E-state index contributed by atoms with van der Waals surface area (Å²) in [5, 5.41) is 6.06. The standard InChI is InChI=1S/C31H31N3O3S/c1-4-33(5-2)20-22-12-10-21(11-13-22)19-32-30(35)26-18-25(24-8-6-7-9-27(24)37-3)31(36)34-16-14-23-15-17-38-29(23)28(26)34/h6-18H,4-5,19-20H2,1-3H3,(H,32,35). The van der Waals surface area contributed by atoms with Gasteiger partial charge in [0.05, 0.1) is 28.5 Å². The van der Waals surface area contributed by atoms with E-state index >= 15 is 0 Å². The fourth-order valence-corrected chi connectivity index (χ4v) is 5.73. The van der Waals surface area contributed by atoms with E-state index in [4.69, 9.17) is 4.74 Å². The average molecular weight is 526 g/mol. The van der Waals surface area contributed by atoms with E-state index in [1.54, 1.807) is 23.8 Å². The van der Waals surface area contributed by atoms with Gasteiger partial charge in [-0.1, -0.05) is 56.3 Å². The first-order valence-corrected chi connectivity index (χ1v) is 13.7. The van der Waals surface area contributed by atoms with Gasteiger partial charge in [-0.15, -0.1) is 11.3 Å². The largest absolute Gasteiger partial charge is 0.496 e. The third kappa shape index (κ3) is 4.95. The Morgan fingerprint density at radius 1 is 0.974 bits per heavy atom. The van der Waals surface area contributed by atoms with Crippen LogP contribution in [0.2, 0.25) is 0 Å². The van der Waals surface area contributed by atoms with Gasteiger partial charge in [0.2, 0.25) is 0 Å². The number of methoxy groups -OCH3 is 1. The molecule has 0 atom stereocenters. The minimum Gasteiger partial charge on any atom is -0.496 e. The lowest BCUT2D eigenvalue weighted by molar-refractivity contribution is 0.0952. The summed E-state index contributed by atoms with van der Waals surface area (Å²) >= 11 is 1.52. The number of rotatable bonds is 9. The van der Waals surface area contributed by atoms with Crippen molar-refractivity contribution in [3.63, 3.8) is 0 Å². The van der Waals surface area contributed by atoms with Crippen molar-refractivity contribution in [3.8, 4) is 16.9 Å². The van der Waals surface area contributed by atoms with E-state index in [2.05, 4.69) is 48.3 Å².